The summed E-state index contributed by atoms with van der Waals surface area (Å²) in [4.78, 5) is -0.625. The maximum atomic E-state index is 10.5. The molecule has 0 atom stereocenters. The van der Waals surface area contributed by atoms with E-state index in [-0.39, 0.29) is 36.7 Å². The van der Waals surface area contributed by atoms with Crippen LogP contribution in [0.15, 0.2) is 23.1 Å². The maximum absolute atomic E-state index is 10.5. The van der Waals surface area contributed by atoms with Gasteiger partial charge in [-0.1, -0.05) is 0 Å². The molecule has 13 heavy (non-hydrogen) atoms. The molecule has 0 aliphatic heterocycles. The van der Waals surface area contributed by atoms with Gasteiger partial charge in [0.15, 0.2) is 0 Å². The molecule has 3 N–H and O–H groups in total. The Labute approximate surface area is 98.5 Å². The number of phenolic OH excluding ortho intramolecular Hbond substituents is 2. The van der Waals surface area contributed by atoms with Gasteiger partial charge in [-0.3, -0.25) is 4.55 Å². The fourth-order valence-corrected chi connectivity index (χ4v) is 1.29. The molecule has 0 unspecified atom stereocenters. The largest absolute Gasteiger partial charge is 1.00 e. The van der Waals surface area contributed by atoms with Crippen LogP contribution in [0.25, 0.3) is 0 Å². The van der Waals surface area contributed by atoms with E-state index in [2.05, 4.69) is 0 Å². The molecule has 0 spiro atoms. The van der Waals surface area contributed by atoms with Gasteiger partial charge < -0.3 is 11.6 Å². The summed E-state index contributed by atoms with van der Waals surface area (Å²) in [5.74, 6) is -0.961. The summed E-state index contributed by atoms with van der Waals surface area (Å²) in [6.45, 7) is 0. The Kier molecular flexibility index (Phi) is 4.21. The SMILES string of the molecule is O=S(=O)(O)c1ccc(O)cc1O.[H-].[Na+]. The van der Waals surface area contributed by atoms with Crippen LogP contribution in [-0.2, 0) is 10.1 Å². The monoisotopic (exact) mass is 214 g/mol. The zero-order valence-electron chi connectivity index (χ0n) is 7.80. The standard InChI is InChI=1S/C6H6O5S.Na.H/c7-4-1-2-6(5(8)3-4)12(9,10)11;;/h1-3,7-8H,(H,9,10,11);;/q;+1;-1. The van der Waals surface area contributed by atoms with Crippen LogP contribution >= 0.6 is 0 Å². The van der Waals surface area contributed by atoms with E-state index in [1.165, 1.54) is 0 Å². The third kappa shape index (κ3) is 3.17. The summed E-state index contributed by atoms with van der Waals surface area (Å²) < 4.78 is 29.4. The molecule has 7 heteroatoms. The molecule has 0 aromatic heterocycles. The van der Waals surface area contributed by atoms with Gasteiger partial charge in [-0.25, -0.2) is 0 Å². The predicted octanol–water partition coefficient (Wildman–Crippen LogP) is -2.54. The number of benzene rings is 1. The van der Waals surface area contributed by atoms with Crippen molar-refractivity contribution in [3.63, 3.8) is 0 Å². The number of aromatic hydroxyl groups is 2. The second kappa shape index (κ2) is 4.30. The van der Waals surface area contributed by atoms with Crippen LogP contribution in [0.3, 0.4) is 0 Å². The van der Waals surface area contributed by atoms with Crippen LogP contribution in [0.2, 0.25) is 0 Å². The van der Waals surface area contributed by atoms with E-state index in [4.69, 9.17) is 14.8 Å². The van der Waals surface area contributed by atoms with Crippen molar-refractivity contribution < 1.29 is 54.2 Å². The van der Waals surface area contributed by atoms with Crippen LogP contribution in [0.5, 0.6) is 11.5 Å². The first-order valence-corrected chi connectivity index (χ1v) is 4.35. The normalized spacial score (nSPS) is 10.5. The van der Waals surface area contributed by atoms with Crippen molar-refractivity contribution in [3.05, 3.63) is 18.2 Å². The molecule has 0 aliphatic carbocycles. The molecule has 0 radical (unpaired) electrons. The van der Waals surface area contributed by atoms with Crippen molar-refractivity contribution in [2.75, 3.05) is 0 Å². The van der Waals surface area contributed by atoms with Crippen molar-refractivity contribution in [1.29, 1.82) is 0 Å². The van der Waals surface area contributed by atoms with Crippen LogP contribution in [0.1, 0.15) is 1.43 Å². The van der Waals surface area contributed by atoms with Crippen molar-refractivity contribution in [2.24, 2.45) is 0 Å². The molecule has 1 rings (SSSR count). The molecule has 0 aliphatic rings. The van der Waals surface area contributed by atoms with Gasteiger partial charge in [0.25, 0.3) is 10.1 Å². The number of rotatable bonds is 1. The van der Waals surface area contributed by atoms with Crippen molar-refractivity contribution >= 4 is 10.1 Å². The van der Waals surface area contributed by atoms with E-state index in [9.17, 15) is 8.42 Å². The van der Waals surface area contributed by atoms with E-state index in [0.717, 1.165) is 18.2 Å². The number of phenols is 2. The van der Waals surface area contributed by atoms with Crippen molar-refractivity contribution in [2.45, 2.75) is 4.90 Å². The molecule has 68 valence electrons. The van der Waals surface area contributed by atoms with Gasteiger partial charge in [-0.05, 0) is 12.1 Å². The fourth-order valence-electron chi connectivity index (χ4n) is 0.724. The van der Waals surface area contributed by atoms with Gasteiger partial charge in [-0.15, -0.1) is 0 Å². The van der Waals surface area contributed by atoms with Gasteiger partial charge in [0.05, 0.1) is 0 Å². The number of hydrogen-bond donors (Lipinski definition) is 3. The van der Waals surface area contributed by atoms with Crippen LogP contribution in [0.4, 0.5) is 0 Å². The van der Waals surface area contributed by atoms with Crippen LogP contribution in [-0.4, -0.2) is 23.2 Å². The zero-order chi connectivity index (χ0) is 9.35. The summed E-state index contributed by atoms with van der Waals surface area (Å²) >= 11 is 0. The first-order chi connectivity index (χ1) is 5.41. The Morgan fingerprint density at radius 3 is 2.15 bits per heavy atom. The average molecular weight is 214 g/mol. The molecule has 1 aromatic carbocycles. The molecule has 0 saturated heterocycles. The summed E-state index contributed by atoms with van der Waals surface area (Å²) in [7, 11) is -4.41. The summed E-state index contributed by atoms with van der Waals surface area (Å²) in [5.41, 5.74) is 0. The Morgan fingerprint density at radius 2 is 1.77 bits per heavy atom. The van der Waals surface area contributed by atoms with E-state index in [1.54, 1.807) is 0 Å². The average Bonchev–Trinajstić information content (AvgIpc) is 1.83. The smallest absolute Gasteiger partial charge is 1.00 e. The molecule has 5 nitrogen and oxygen atoms in total. The van der Waals surface area contributed by atoms with E-state index in [1.807, 2.05) is 0 Å². The van der Waals surface area contributed by atoms with Gasteiger partial charge in [0.2, 0.25) is 0 Å². The second-order valence-electron chi connectivity index (χ2n) is 2.13. The minimum absolute atomic E-state index is 0. The first-order valence-electron chi connectivity index (χ1n) is 2.91. The molecule has 0 saturated carbocycles. The van der Waals surface area contributed by atoms with Gasteiger partial charge >= 0.3 is 29.6 Å². The topological polar surface area (TPSA) is 94.8 Å². The first kappa shape index (κ1) is 12.7. The van der Waals surface area contributed by atoms with Crippen molar-refractivity contribution in [3.8, 4) is 11.5 Å². The summed E-state index contributed by atoms with van der Waals surface area (Å²) in [6, 6.07) is 2.77. The van der Waals surface area contributed by atoms with Gasteiger partial charge in [0, 0.05) is 6.07 Å². The molecule has 0 bridgehead atoms. The third-order valence-corrected chi connectivity index (χ3v) is 2.12. The predicted molar refractivity (Wildman–Crippen MR) is 40.7 cm³/mol. The minimum Gasteiger partial charge on any atom is -1.00 e. The molecule has 1 aromatic rings. The van der Waals surface area contributed by atoms with Gasteiger partial charge in [-0.2, -0.15) is 8.42 Å². The maximum Gasteiger partial charge on any atom is 1.00 e. The quantitative estimate of drug-likeness (QED) is 0.354. The van der Waals surface area contributed by atoms with E-state index in [0.29, 0.717) is 0 Å². The molecular formula is C6H7NaO5S. The van der Waals surface area contributed by atoms with Crippen LogP contribution in [0, 0.1) is 0 Å². The molecule has 0 fully saturated rings. The Hall–Kier alpha value is -0.270. The minimum atomic E-state index is -4.41. The Bertz CT molecular complexity index is 405. The molecule has 0 heterocycles. The van der Waals surface area contributed by atoms with E-state index < -0.39 is 20.8 Å². The van der Waals surface area contributed by atoms with E-state index >= 15 is 0 Å². The zero-order valence-corrected chi connectivity index (χ0v) is 9.61. The van der Waals surface area contributed by atoms with Gasteiger partial charge in [0.1, 0.15) is 16.4 Å². The Balaban J connectivity index is 0. The summed E-state index contributed by atoms with van der Waals surface area (Å²) in [5, 5.41) is 17.7. The molecule has 0 amide bonds. The fraction of sp³-hybridized carbons (Fsp3) is 0. The summed E-state index contributed by atoms with van der Waals surface area (Å²) in [6.07, 6.45) is 0. The van der Waals surface area contributed by atoms with Crippen molar-refractivity contribution in [1.82, 2.24) is 0 Å². The second-order valence-corrected chi connectivity index (χ2v) is 3.52. The number of hydrogen-bond acceptors (Lipinski definition) is 4. The Morgan fingerprint density at radius 1 is 1.23 bits per heavy atom. The van der Waals surface area contributed by atoms with Crippen LogP contribution < -0.4 is 29.6 Å². The molecular weight excluding hydrogens is 207 g/mol. The third-order valence-electron chi connectivity index (χ3n) is 1.22.